The molecule has 1 amide bonds. The third-order valence-electron chi connectivity index (χ3n) is 4.79. The van der Waals surface area contributed by atoms with Crippen LogP contribution in [0.5, 0.6) is 11.5 Å². The van der Waals surface area contributed by atoms with Crippen molar-refractivity contribution in [3.05, 3.63) is 41.2 Å². The minimum atomic E-state index is -0.653. The van der Waals surface area contributed by atoms with E-state index in [1.165, 1.54) is 12.1 Å². The number of rotatable bonds is 9. The van der Waals surface area contributed by atoms with Crippen molar-refractivity contribution in [2.45, 2.75) is 20.3 Å². The van der Waals surface area contributed by atoms with E-state index in [-0.39, 0.29) is 23.1 Å². The van der Waals surface area contributed by atoms with Gasteiger partial charge in [0.15, 0.2) is 18.1 Å². The molecule has 0 unspecified atom stereocenters. The fraction of sp³-hybridized carbons (Fsp3) is 0.455. The minimum absolute atomic E-state index is 0.196. The predicted octanol–water partition coefficient (Wildman–Crippen LogP) is 2.82. The molecule has 1 aromatic carbocycles. The van der Waals surface area contributed by atoms with Gasteiger partial charge in [0, 0.05) is 38.6 Å². The number of ether oxygens (including phenoxy) is 3. The number of halogens is 1. The Kier molecular flexibility index (Phi) is 8.49. The first-order valence-electron chi connectivity index (χ1n) is 10.6. The number of aromatic nitrogens is 2. The maximum atomic E-state index is 12.5. The van der Waals surface area contributed by atoms with Gasteiger partial charge in [0.1, 0.15) is 0 Å². The van der Waals surface area contributed by atoms with E-state index in [1.807, 2.05) is 18.7 Å². The number of carbonyl (C=O) groups excluding carboxylic acids is 2. The fourth-order valence-corrected chi connectivity index (χ4v) is 3.47. The average Bonchev–Trinajstić information content (AvgIpc) is 2.82. The Morgan fingerprint density at radius 3 is 2.44 bits per heavy atom. The standard InChI is InChI=1S/C22H27ClN4O5/c1-3-12-31-20-17(23)13-16(14-18(20)30-4-2)21(29)32-15-19(28)26-8-10-27(11-9-26)22-24-6-5-7-25-22/h5-7,13-14H,3-4,8-12,15H2,1-2H3. The SMILES string of the molecule is CCCOc1c(Cl)cc(C(=O)OCC(=O)N2CCN(c3ncccn3)CC2)cc1OCC. The van der Waals surface area contributed by atoms with Gasteiger partial charge in [0.05, 0.1) is 23.8 Å². The summed E-state index contributed by atoms with van der Waals surface area (Å²) in [4.78, 5) is 37.2. The molecule has 0 N–H and O–H groups in total. The van der Waals surface area contributed by atoms with Gasteiger partial charge >= 0.3 is 5.97 Å². The van der Waals surface area contributed by atoms with Crippen molar-refractivity contribution in [2.75, 3.05) is 50.9 Å². The summed E-state index contributed by atoms with van der Waals surface area (Å²) in [7, 11) is 0. The molecular formula is C22H27ClN4O5. The van der Waals surface area contributed by atoms with E-state index in [0.29, 0.717) is 56.8 Å². The van der Waals surface area contributed by atoms with Crippen LogP contribution in [-0.4, -0.2) is 72.7 Å². The summed E-state index contributed by atoms with van der Waals surface area (Å²) in [5.74, 6) is 0.485. The third-order valence-corrected chi connectivity index (χ3v) is 5.07. The van der Waals surface area contributed by atoms with Gasteiger partial charge in [-0.05, 0) is 31.5 Å². The normalized spacial score (nSPS) is 13.6. The molecule has 2 heterocycles. The Hall–Kier alpha value is -3.07. The molecule has 0 spiro atoms. The largest absolute Gasteiger partial charge is 0.490 e. The van der Waals surface area contributed by atoms with Crippen molar-refractivity contribution in [3.63, 3.8) is 0 Å². The quantitative estimate of drug-likeness (QED) is 0.525. The Labute approximate surface area is 192 Å². The number of piperazine rings is 1. The van der Waals surface area contributed by atoms with Gasteiger partial charge in [-0.2, -0.15) is 0 Å². The molecule has 10 heteroatoms. The number of benzene rings is 1. The highest BCUT2D eigenvalue weighted by Gasteiger charge is 2.24. The molecule has 0 bridgehead atoms. The molecule has 32 heavy (non-hydrogen) atoms. The summed E-state index contributed by atoms with van der Waals surface area (Å²) in [6.45, 7) is 6.52. The summed E-state index contributed by atoms with van der Waals surface area (Å²) >= 11 is 6.30. The van der Waals surface area contributed by atoms with Crippen molar-refractivity contribution >= 4 is 29.4 Å². The number of amides is 1. The molecule has 1 aliphatic rings. The monoisotopic (exact) mass is 462 g/mol. The number of esters is 1. The van der Waals surface area contributed by atoms with Crippen molar-refractivity contribution in [3.8, 4) is 11.5 Å². The maximum absolute atomic E-state index is 12.5. The number of nitrogens with zero attached hydrogens (tertiary/aromatic N) is 4. The Balaban J connectivity index is 1.55. The second-order valence-electron chi connectivity index (χ2n) is 7.06. The van der Waals surface area contributed by atoms with Crippen LogP contribution in [0, 0.1) is 0 Å². The molecule has 1 aliphatic heterocycles. The van der Waals surface area contributed by atoms with Crippen LogP contribution in [0.15, 0.2) is 30.6 Å². The molecule has 0 saturated carbocycles. The van der Waals surface area contributed by atoms with Gasteiger partial charge in [-0.15, -0.1) is 0 Å². The van der Waals surface area contributed by atoms with Gasteiger partial charge in [0.2, 0.25) is 5.95 Å². The molecule has 1 saturated heterocycles. The molecule has 3 rings (SSSR count). The van der Waals surface area contributed by atoms with E-state index in [0.717, 1.165) is 6.42 Å². The van der Waals surface area contributed by atoms with Gasteiger partial charge in [-0.1, -0.05) is 18.5 Å². The average molecular weight is 463 g/mol. The summed E-state index contributed by atoms with van der Waals surface area (Å²) in [6.07, 6.45) is 4.18. The lowest BCUT2D eigenvalue weighted by molar-refractivity contribution is -0.134. The number of hydrogen-bond donors (Lipinski definition) is 0. The minimum Gasteiger partial charge on any atom is -0.490 e. The molecule has 0 radical (unpaired) electrons. The van der Waals surface area contributed by atoms with Crippen LogP contribution in [0.1, 0.15) is 30.6 Å². The Morgan fingerprint density at radius 1 is 1.06 bits per heavy atom. The maximum Gasteiger partial charge on any atom is 0.338 e. The second kappa shape index (κ2) is 11.5. The van der Waals surface area contributed by atoms with Crippen LogP contribution >= 0.6 is 11.6 Å². The zero-order valence-corrected chi connectivity index (χ0v) is 19.0. The van der Waals surface area contributed by atoms with Gasteiger partial charge in [-0.3, -0.25) is 4.79 Å². The van der Waals surface area contributed by atoms with Crippen molar-refractivity contribution in [1.29, 1.82) is 0 Å². The molecule has 1 fully saturated rings. The summed E-state index contributed by atoms with van der Waals surface area (Å²) < 4.78 is 16.4. The van der Waals surface area contributed by atoms with Crippen molar-refractivity contribution in [2.24, 2.45) is 0 Å². The topological polar surface area (TPSA) is 94.1 Å². The smallest absolute Gasteiger partial charge is 0.338 e. The highest BCUT2D eigenvalue weighted by atomic mass is 35.5. The molecule has 0 aliphatic carbocycles. The second-order valence-corrected chi connectivity index (χ2v) is 7.47. The Bertz CT molecular complexity index is 920. The third kappa shape index (κ3) is 6.00. The van der Waals surface area contributed by atoms with Gasteiger partial charge < -0.3 is 24.0 Å². The molecular weight excluding hydrogens is 436 g/mol. The van der Waals surface area contributed by atoms with Crippen molar-refractivity contribution in [1.82, 2.24) is 14.9 Å². The first kappa shape index (κ1) is 23.6. The summed E-state index contributed by atoms with van der Waals surface area (Å²) in [6, 6.07) is 4.74. The zero-order valence-electron chi connectivity index (χ0n) is 18.3. The van der Waals surface area contributed by atoms with E-state index in [9.17, 15) is 9.59 Å². The number of hydrogen-bond acceptors (Lipinski definition) is 8. The van der Waals surface area contributed by atoms with Crippen LogP contribution in [0.3, 0.4) is 0 Å². The van der Waals surface area contributed by atoms with Crippen LogP contribution in [0.2, 0.25) is 5.02 Å². The summed E-state index contributed by atoms with van der Waals surface area (Å²) in [5, 5.41) is 0.252. The molecule has 0 atom stereocenters. The van der Waals surface area contributed by atoms with Crippen LogP contribution in [0.4, 0.5) is 5.95 Å². The van der Waals surface area contributed by atoms with E-state index < -0.39 is 5.97 Å². The van der Waals surface area contributed by atoms with Crippen LogP contribution in [-0.2, 0) is 9.53 Å². The number of carbonyl (C=O) groups is 2. The van der Waals surface area contributed by atoms with E-state index >= 15 is 0 Å². The van der Waals surface area contributed by atoms with E-state index in [2.05, 4.69) is 9.97 Å². The summed E-state index contributed by atoms with van der Waals surface area (Å²) in [5.41, 5.74) is 0.196. The van der Waals surface area contributed by atoms with Crippen LogP contribution < -0.4 is 14.4 Å². The fourth-order valence-electron chi connectivity index (χ4n) is 3.21. The highest BCUT2D eigenvalue weighted by molar-refractivity contribution is 6.32. The molecule has 1 aromatic heterocycles. The lowest BCUT2D eigenvalue weighted by Crippen LogP contribution is -2.50. The lowest BCUT2D eigenvalue weighted by Gasteiger charge is -2.34. The van der Waals surface area contributed by atoms with E-state index in [1.54, 1.807) is 23.4 Å². The molecule has 9 nitrogen and oxygen atoms in total. The molecule has 172 valence electrons. The highest BCUT2D eigenvalue weighted by Crippen LogP contribution is 2.37. The van der Waals surface area contributed by atoms with Gasteiger partial charge in [0.25, 0.3) is 5.91 Å². The number of anilines is 1. The molecule has 2 aromatic rings. The predicted molar refractivity (Wildman–Crippen MR) is 120 cm³/mol. The first-order chi connectivity index (χ1) is 15.5. The van der Waals surface area contributed by atoms with Crippen molar-refractivity contribution < 1.29 is 23.8 Å². The Morgan fingerprint density at radius 2 is 1.78 bits per heavy atom. The van der Waals surface area contributed by atoms with Crippen LogP contribution in [0.25, 0.3) is 0 Å². The zero-order chi connectivity index (χ0) is 22.9. The first-order valence-corrected chi connectivity index (χ1v) is 11.0. The van der Waals surface area contributed by atoms with E-state index in [4.69, 9.17) is 25.8 Å². The van der Waals surface area contributed by atoms with Gasteiger partial charge in [-0.25, -0.2) is 14.8 Å². The lowest BCUT2D eigenvalue weighted by atomic mass is 10.2.